The van der Waals surface area contributed by atoms with Gasteiger partial charge in [0.05, 0.1) is 22.3 Å². The molecule has 0 aromatic heterocycles. The third-order valence-electron chi connectivity index (χ3n) is 2.84. The second-order valence-electron chi connectivity index (χ2n) is 4.27. The van der Waals surface area contributed by atoms with Gasteiger partial charge in [-0.05, 0) is 12.1 Å². The summed E-state index contributed by atoms with van der Waals surface area (Å²) in [6.07, 6.45) is -2.25. The molecule has 19 heavy (non-hydrogen) atoms. The Labute approximate surface area is 120 Å². The van der Waals surface area contributed by atoms with Crippen LogP contribution in [0.2, 0.25) is 10.0 Å². The topological polar surface area (TPSA) is 104 Å². The van der Waals surface area contributed by atoms with E-state index in [9.17, 15) is 18.6 Å². The van der Waals surface area contributed by atoms with E-state index in [0.717, 1.165) is 4.31 Å². The highest BCUT2D eigenvalue weighted by Crippen LogP contribution is 2.35. The summed E-state index contributed by atoms with van der Waals surface area (Å²) < 4.78 is 25.7. The van der Waals surface area contributed by atoms with Gasteiger partial charge in [0.25, 0.3) is 0 Å². The van der Waals surface area contributed by atoms with Gasteiger partial charge >= 0.3 is 0 Å². The van der Waals surface area contributed by atoms with Crippen molar-refractivity contribution in [2.75, 3.05) is 18.8 Å². The van der Waals surface area contributed by atoms with Crippen molar-refractivity contribution in [3.8, 4) is 0 Å². The first-order chi connectivity index (χ1) is 8.73. The van der Waals surface area contributed by atoms with Gasteiger partial charge in [-0.25, -0.2) is 8.42 Å². The minimum atomic E-state index is -3.99. The van der Waals surface area contributed by atoms with E-state index < -0.39 is 22.2 Å². The zero-order valence-corrected chi connectivity index (χ0v) is 12.0. The molecule has 0 saturated carbocycles. The Morgan fingerprint density at radius 3 is 2.00 bits per heavy atom. The summed E-state index contributed by atoms with van der Waals surface area (Å²) in [5.41, 5.74) is 5.76. The summed E-state index contributed by atoms with van der Waals surface area (Å²) in [4.78, 5) is -0.272. The highest BCUT2D eigenvalue weighted by atomic mass is 35.5. The molecule has 0 bridgehead atoms. The quantitative estimate of drug-likeness (QED) is 0.678. The number of aliphatic hydroxyl groups excluding tert-OH is 2. The standard InChI is InChI=1S/C10H12Cl2N2O4S/c11-6-1-5(13)2-7(12)10(6)19(17,18)14-3-8(15)9(16)4-14/h1-2,8-9,15-16H,3-4,13H2. The smallest absolute Gasteiger partial charge is 0.246 e. The van der Waals surface area contributed by atoms with Gasteiger partial charge < -0.3 is 15.9 Å². The van der Waals surface area contributed by atoms with Crippen molar-refractivity contribution in [1.82, 2.24) is 4.31 Å². The lowest BCUT2D eigenvalue weighted by Gasteiger charge is -2.17. The first-order valence-electron chi connectivity index (χ1n) is 5.34. The van der Waals surface area contributed by atoms with Crippen LogP contribution in [0.3, 0.4) is 0 Å². The zero-order chi connectivity index (χ0) is 14.4. The van der Waals surface area contributed by atoms with Gasteiger partial charge in [-0.1, -0.05) is 23.2 Å². The molecule has 6 nitrogen and oxygen atoms in total. The first-order valence-corrected chi connectivity index (χ1v) is 7.54. The molecule has 1 fully saturated rings. The van der Waals surface area contributed by atoms with E-state index in [1.54, 1.807) is 0 Å². The van der Waals surface area contributed by atoms with Crippen molar-refractivity contribution in [3.63, 3.8) is 0 Å². The van der Waals surface area contributed by atoms with Crippen LogP contribution < -0.4 is 5.73 Å². The Balaban J connectivity index is 2.47. The van der Waals surface area contributed by atoms with E-state index in [4.69, 9.17) is 28.9 Å². The summed E-state index contributed by atoms with van der Waals surface area (Å²) >= 11 is 11.8. The third kappa shape index (κ3) is 2.67. The van der Waals surface area contributed by atoms with Crippen LogP contribution in [0, 0.1) is 0 Å². The molecule has 9 heteroatoms. The average Bonchev–Trinajstić information content (AvgIpc) is 2.57. The van der Waals surface area contributed by atoms with E-state index in [-0.39, 0.29) is 33.7 Å². The lowest BCUT2D eigenvalue weighted by molar-refractivity contribution is 0.0572. The lowest BCUT2D eigenvalue weighted by atomic mass is 10.3. The van der Waals surface area contributed by atoms with Crippen molar-refractivity contribution >= 4 is 38.9 Å². The van der Waals surface area contributed by atoms with Crippen molar-refractivity contribution in [2.24, 2.45) is 0 Å². The highest BCUT2D eigenvalue weighted by molar-refractivity contribution is 7.89. The van der Waals surface area contributed by atoms with Gasteiger partial charge in [-0.15, -0.1) is 0 Å². The van der Waals surface area contributed by atoms with Crippen LogP contribution in [0.4, 0.5) is 5.69 Å². The summed E-state index contributed by atoms with van der Waals surface area (Å²) in [7, 11) is -3.99. The van der Waals surface area contributed by atoms with Crippen LogP contribution in [0.15, 0.2) is 17.0 Å². The van der Waals surface area contributed by atoms with Crippen LogP contribution in [-0.2, 0) is 10.0 Å². The first kappa shape index (κ1) is 14.8. The van der Waals surface area contributed by atoms with E-state index in [2.05, 4.69) is 0 Å². The number of anilines is 1. The van der Waals surface area contributed by atoms with Crippen molar-refractivity contribution in [3.05, 3.63) is 22.2 Å². The number of hydrogen-bond donors (Lipinski definition) is 3. The Hall–Kier alpha value is -0.570. The number of benzene rings is 1. The predicted molar refractivity (Wildman–Crippen MR) is 71.6 cm³/mol. The Kier molecular flexibility index (Phi) is 3.97. The molecule has 1 heterocycles. The van der Waals surface area contributed by atoms with Gasteiger partial charge in [0, 0.05) is 18.8 Å². The SMILES string of the molecule is Nc1cc(Cl)c(S(=O)(=O)N2CC(O)C(O)C2)c(Cl)c1. The fourth-order valence-electron chi connectivity index (χ4n) is 1.89. The normalized spacial score (nSPS) is 24.8. The number of nitrogen functional groups attached to an aromatic ring is 1. The van der Waals surface area contributed by atoms with Crippen LogP contribution >= 0.6 is 23.2 Å². The van der Waals surface area contributed by atoms with Crippen molar-refractivity contribution < 1.29 is 18.6 Å². The molecule has 2 atom stereocenters. The van der Waals surface area contributed by atoms with E-state index in [1.165, 1.54) is 12.1 Å². The Morgan fingerprint density at radius 2 is 1.58 bits per heavy atom. The number of aliphatic hydroxyl groups is 2. The maximum atomic E-state index is 12.4. The summed E-state index contributed by atoms with van der Waals surface area (Å²) in [6, 6.07) is 2.56. The highest BCUT2D eigenvalue weighted by Gasteiger charge is 2.39. The molecule has 1 saturated heterocycles. The molecule has 2 rings (SSSR count). The van der Waals surface area contributed by atoms with E-state index in [1.807, 2.05) is 0 Å². The molecule has 0 radical (unpaired) electrons. The number of β-amino-alcohol motifs (C(OH)–C–C–N with tert-alkyl or cyclic N) is 2. The summed E-state index contributed by atoms with van der Waals surface area (Å²) in [5, 5.41) is 18.6. The molecular formula is C10H12Cl2N2O4S. The molecule has 1 aliphatic heterocycles. The molecule has 1 aromatic rings. The molecule has 4 N–H and O–H groups in total. The Morgan fingerprint density at radius 1 is 1.16 bits per heavy atom. The second kappa shape index (κ2) is 5.08. The fraction of sp³-hybridized carbons (Fsp3) is 0.400. The predicted octanol–water partition coefficient (Wildman–Crippen LogP) is 0.302. The second-order valence-corrected chi connectivity index (χ2v) is 6.96. The summed E-state index contributed by atoms with van der Waals surface area (Å²) in [5.74, 6) is 0. The molecule has 0 amide bonds. The van der Waals surface area contributed by atoms with Crippen molar-refractivity contribution in [2.45, 2.75) is 17.1 Å². The molecule has 1 aliphatic rings. The van der Waals surface area contributed by atoms with Crippen molar-refractivity contribution in [1.29, 1.82) is 0 Å². The number of hydrogen-bond acceptors (Lipinski definition) is 5. The van der Waals surface area contributed by atoms with Gasteiger partial charge in [-0.2, -0.15) is 4.31 Å². The largest absolute Gasteiger partial charge is 0.399 e. The molecule has 1 aromatic carbocycles. The summed E-state index contributed by atoms with van der Waals surface area (Å²) in [6.45, 7) is -0.416. The number of halogens is 2. The van der Waals surface area contributed by atoms with E-state index >= 15 is 0 Å². The number of rotatable bonds is 2. The third-order valence-corrected chi connectivity index (χ3v) is 5.60. The van der Waals surface area contributed by atoms with Crippen LogP contribution in [0.1, 0.15) is 0 Å². The maximum Gasteiger partial charge on any atom is 0.246 e. The van der Waals surface area contributed by atoms with Gasteiger partial charge in [0.15, 0.2) is 0 Å². The molecule has 0 aliphatic carbocycles. The Bertz CT molecular complexity index is 575. The number of nitrogens with zero attached hydrogens (tertiary/aromatic N) is 1. The maximum absolute atomic E-state index is 12.4. The average molecular weight is 327 g/mol. The van der Waals surface area contributed by atoms with Gasteiger partial charge in [0.1, 0.15) is 4.90 Å². The van der Waals surface area contributed by atoms with Crippen LogP contribution in [0.5, 0.6) is 0 Å². The lowest BCUT2D eigenvalue weighted by Crippen LogP contribution is -2.30. The minimum Gasteiger partial charge on any atom is -0.399 e. The molecule has 0 spiro atoms. The van der Waals surface area contributed by atoms with Crippen LogP contribution in [0.25, 0.3) is 0 Å². The number of sulfonamides is 1. The number of nitrogens with two attached hydrogens (primary N) is 1. The van der Waals surface area contributed by atoms with Gasteiger partial charge in [0.2, 0.25) is 10.0 Å². The minimum absolute atomic E-state index is 0.0964. The van der Waals surface area contributed by atoms with E-state index in [0.29, 0.717) is 0 Å². The molecule has 106 valence electrons. The molecular weight excluding hydrogens is 315 g/mol. The fourth-order valence-corrected chi connectivity index (χ4v) is 4.54. The monoisotopic (exact) mass is 326 g/mol. The zero-order valence-electron chi connectivity index (χ0n) is 9.62. The van der Waals surface area contributed by atoms with Gasteiger partial charge in [-0.3, -0.25) is 0 Å². The van der Waals surface area contributed by atoms with Crippen LogP contribution in [-0.4, -0.2) is 48.2 Å². The molecule has 2 unspecified atom stereocenters.